The van der Waals surface area contributed by atoms with Crippen molar-refractivity contribution in [1.82, 2.24) is 20.4 Å². The average molecular weight is 715 g/mol. The fourth-order valence-electron chi connectivity index (χ4n) is 9.58. The van der Waals surface area contributed by atoms with Crippen LogP contribution in [0.2, 0.25) is 0 Å². The van der Waals surface area contributed by atoms with Crippen molar-refractivity contribution in [2.24, 2.45) is 16.2 Å². The number of nitriles is 2. The zero-order valence-electron chi connectivity index (χ0n) is 29.9. The Morgan fingerprint density at radius 3 is 1.31 bits per heavy atom. The van der Waals surface area contributed by atoms with Crippen LogP contribution in [0.4, 0.5) is 8.78 Å². The number of fused-ring (bicyclic) bond motifs is 6. The van der Waals surface area contributed by atoms with Gasteiger partial charge in [0.2, 0.25) is 11.8 Å². The van der Waals surface area contributed by atoms with Crippen LogP contribution in [0.5, 0.6) is 0 Å². The van der Waals surface area contributed by atoms with Crippen molar-refractivity contribution in [3.05, 3.63) is 0 Å². The molecule has 2 saturated heterocycles. The predicted molar refractivity (Wildman–Crippen MR) is 179 cm³/mol. The first-order valence-electron chi connectivity index (χ1n) is 18.7. The summed E-state index contributed by atoms with van der Waals surface area (Å²) in [5, 5.41) is 24.9. The lowest BCUT2D eigenvalue weighted by atomic mass is 9.57. The lowest BCUT2D eigenvalue weighted by molar-refractivity contribution is -0.173. The molecule has 12 nitrogen and oxygen atoms in total. The summed E-state index contributed by atoms with van der Waals surface area (Å²) in [4.78, 5) is 55.9. The van der Waals surface area contributed by atoms with Gasteiger partial charge in [0, 0.05) is 42.4 Å². The normalized spacial score (nSPS) is 37.7. The smallest absolute Gasteiger partial charge is 0.312 e. The van der Waals surface area contributed by atoms with E-state index >= 15 is 0 Å². The Morgan fingerprint density at radius 2 is 1.00 bits per heavy atom. The van der Waals surface area contributed by atoms with E-state index in [1.165, 1.54) is 0 Å². The van der Waals surface area contributed by atoms with Crippen molar-refractivity contribution >= 4 is 23.8 Å². The first-order valence-corrected chi connectivity index (χ1v) is 18.7. The number of amides is 2. The van der Waals surface area contributed by atoms with Crippen LogP contribution in [-0.4, -0.2) is 108 Å². The minimum absolute atomic E-state index is 0.0125. The Bertz CT molecular complexity index is 1320. The van der Waals surface area contributed by atoms with E-state index in [9.17, 15) is 38.5 Å². The van der Waals surface area contributed by atoms with Crippen LogP contribution >= 0.6 is 0 Å². The molecule has 0 aromatic heterocycles. The molecule has 0 spiro atoms. The SMILES string of the molecule is CC(C)(COC(=O)C12CCC(NC(=O)CN3C[C@@H](F)C[C@H]3C#N)(CC1)CC2)COC(=O)C12CCC(NC(=O)CN3C[C@@H](F)C[C@H]3C#N)(CC1)CC2. The van der Waals surface area contributed by atoms with Gasteiger partial charge in [-0.05, 0) is 77.0 Å². The summed E-state index contributed by atoms with van der Waals surface area (Å²) in [6, 6.07) is 2.98. The van der Waals surface area contributed by atoms with Crippen LogP contribution in [0.15, 0.2) is 0 Å². The van der Waals surface area contributed by atoms with Gasteiger partial charge in [-0.1, -0.05) is 13.8 Å². The number of hydrogen-bond acceptors (Lipinski definition) is 10. The van der Waals surface area contributed by atoms with Gasteiger partial charge >= 0.3 is 11.9 Å². The number of alkyl halides is 2. The molecule has 0 aromatic carbocycles. The van der Waals surface area contributed by atoms with E-state index in [4.69, 9.17) is 9.47 Å². The molecule has 2 amide bonds. The molecule has 4 atom stereocenters. The molecule has 51 heavy (non-hydrogen) atoms. The van der Waals surface area contributed by atoms with Crippen LogP contribution in [-0.2, 0) is 28.7 Å². The highest BCUT2D eigenvalue weighted by molar-refractivity contribution is 5.81. The molecular formula is C37H52F2N6O6. The number of esters is 2. The van der Waals surface area contributed by atoms with E-state index in [0.29, 0.717) is 77.0 Å². The van der Waals surface area contributed by atoms with E-state index in [2.05, 4.69) is 22.8 Å². The van der Waals surface area contributed by atoms with Gasteiger partial charge < -0.3 is 20.1 Å². The van der Waals surface area contributed by atoms with E-state index in [0.717, 1.165) is 0 Å². The van der Waals surface area contributed by atoms with Crippen molar-refractivity contribution in [3.8, 4) is 12.1 Å². The molecule has 280 valence electrons. The van der Waals surface area contributed by atoms with Crippen molar-refractivity contribution in [3.63, 3.8) is 0 Å². The van der Waals surface area contributed by atoms with Crippen LogP contribution in [0.25, 0.3) is 0 Å². The molecule has 0 aromatic rings. The second-order valence-corrected chi connectivity index (χ2v) is 17.3. The highest BCUT2D eigenvalue weighted by Crippen LogP contribution is 2.54. The van der Waals surface area contributed by atoms with Gasteiger partial charge in [-0.3, -0.25) is 29.0 Å². The number of rotatable bonds is 12. The topological polar surface area (TPSA) is 165 Å². The summed E-state index contributed by atoms with van der Waals surface area (Å²) in [7, 11) is 0. The Labute approximate surface area is 298 Å². The summed E-state index contributed by atoms with van der Waals surface area (Å²) >= 11 is 0. The number of carbonyl (C=O) groups excluding carboxylic acids is 4. The van der Waals surface area contributed by atoms with Gasteiger partial charge in [-0.25, -0.2) is 8.78 Å². The molecule has 6 saturated carbocycles. The number of carbonyl (C=O) groups is 4. The van der Waals surface area contributed by atoms with Crippen LogP contribution in [0.3, 0.4) is 0 Å². The molecule has 8 aliphatic rings. The highest BCUT2D eigenvalue weighted by atomic mass is 19.1. The van der Waals surface area contributed by atoms with Gasteiger partial charge in [-0.15, -0.1) is 0 Å². The molecule has 0 radical (unpaired) electrons. The summed E-state index contributed by atoms with van der Waals surface area (Å²) in [6.45, 7) is 4.15. The molecule has 2 heterocycles. The maximum Gasteiger partial charge on any atom is 0.312 e. The Morgan fingerprint density at radius 1 is 0.667 bits per heavy atom. The first-order chi connectivity index (χ1) is 24.1. The molecule has 2 N–H and O–H groups in total. The number of nitrogens with zero attached hydrogens (tertiary/aromatic N) is 4. The number of nitrogens with one attached hydrogen (secondary N) is 2. The maximum atomic E-state index is 13.8. The summed E-state index contributed by atoms with van der Waals surface area (Å²) in [5.41, 5.74) is -2.61. The van der Waals surface area contributed by atoms with Gasteiger partial charge in [0.1, 0.15) is 24.4 Å². The zero-order chi connectivity index (χ0) is 36.7. The maximum absolute atomic E-state index is 13.8. The number of likely N-dealkylation sites (tertiary alicyclic amines) is 2. The molecule has 6 aliphatic carbocycles. The summed E-state index contributed by atoms with van der Waals surface area (Å²) in [5.74, 6) is -0.935. The zero-order valence-corrected chi connectivity index (χ0v) is 29.9. The molecule has 14 heteroatoms. The Hall–Kier alpha value is -3.36. The first kappa shape index (κ1) is 37.4. The fraction of sp³-hybridized carbons (Fsp3) is 0.838. The van der Waals surface area contributed by atoms with Gasteiger partial charge in [0.05, 0.1) is 49.3 Å². The lowest BCUT2D eigenvalue weighted by Gasteiger charge is -2.52. The van der Waals surface area contributed by atoms with Gasteiger partial charge in [-0.2, -0.15) is 10.5 Å². The second-order valence-electron chi connectivity index (χ2n) is 17.3. The van der Waals surface area contributed by atoms with E-state index < -0.39 is 51.7 Å². The van der Waals surface area contributed by atoms with Gasteiger partial charge in [0.25, 0.3) is 0 Å². The number of hydrogen-bond donors (Lipinski definition) is 2. The molecule has 2 aliphatic heterocycles. The molecular weight excluding hydrogens is 662 g/mol. The predicted octanol–water partition coefficient (Wildman–Crippen LogP) is 3.39. The third-order valence-corrected chi connectivity index (χ3v) is 13.1. The van der Waals surface area contributed by atoms with Crippen molar-refractivity contribution in [1.29, 1.82) is 10.5 Å². The van der Waals surface area contributed by atoms with Gasteiger partial charge in [0.15, 0.2) is 0 Å². The summed E-state index contributed by atoms with van der Waals surface area (Å²) in [6.07, 6.45) is 5.52. The number of ether oxygens (including phenoxy) is 2. The minimum atomic E-state index is -1.10. The quantitative estimate of drug-likeness (QED) is 0.287. The van der Waals surface area contributed by atoms with E-state index in [-0.39, 0.29) is 76.0 Å². The third-order valence-electron chi connectivity index (χ3n) is 13.1. The molecule has 0 unspecified atom stereocenters. The van der Waals surface area contributed by atoms with Crippen molar-refractivity contribution < 1.29 is 37.4 Å². The van der Waals surface area contributed by atoms with Crippen molar-refractivity contribution in [2.75, 3.05) is 39.4 Å². The van der Waals surface area contributed by atoms with E-state index in [1.54, 1.807) is 9.80 Å². The fourth-order valence-corrected chi connectivity index (χ4v) is 9.58. The monoisotopic (exact) mass is 714 g/mol. The Balaban J connectivity index is 0.915. The minimum Gasteiger partial charge on any atom is -0.465 e. The van der Waals surface area contributed by atoms with Crippen LogP contribution in [0, 0.1) is 38.9 Å². The highest BCUT2D eigenvalue weighted by Gasteiger charge is 2.55. The summed E-state index contributed by atoms with van der Waals surface area (Å²) < 4.78 is 39.4. The number of halogens is 2. The second kappa shape index (κ2) is 14.2. The Kier molecular flexibility index (Phi) is 10.4. The van der Waals surface area contributed by atoms with Crippen LogP contribution < -0.4 is 10.6 Å². The lowest BCUT2D eigenvalue weighted by Crippen LogP contribution is -2.60. The van der Waals surface area contributed by atoms with Crippen LogP contribution in [0.1, 0.15) is 104 Å². The van der Waals surface area contributed by atoms with Crippen molar-refractivity contribution in [2.45, 2.75) is 139 Å². The third kappa shape index (κ3) is 7.87. The molecule has 8 rings (SSSR count). The largest absolute Gasteiger partial charge is 0.465 e. The molecule has 8 fully saturated rings. The average Bonchev–Trinajstić information content (AvgIpc) is 3.66. The molecule has 4 bridgehead atoms. The standard InChI is InChI=1S/C37H52F2N6O6/c1-33(2,23-50-31(48)34-3-9-36(10-4-34,11-5-34)42-29(46)21-44-19-25(38)15-27(44)17-40)24-51-32(49)35-6-12-37(13-7-35,14-8-35)43-30(47)22-45-20-26(39)16-28(45)18-41/h25-28H,3-16,19-24H2,1-2H3,(H,42,46)(H,43,47)/t25-,26-,27-,28-,34?,35?,36?,37?/m0/s1. The van der Waals surface area contributed by atoms with E-state index in [1.807, 2.05) is 13.8 Å².